The molecular weight excluding hydrogens is 274 g/mol. The number of rotatable bonds is 4. The van der Waals surface area contributed by atoms with Crippen LogP contribution in [0.2, 0.25) is 5.02 Å². The maximum absolute atomic E-state index is 6.26. The Morgan fingerprint density at radius 3 is 2.70 bits per heavy atom. The van der Waals surface area contributed by atoms with Gasteiger partial charge < -0.3 is 10.1 Å². The summed E-state index contributed by atoms with van der Waals surface area (Å²) in [5.41, 5.74) is 2.04. The Morgan fingerprint density at radius 1 is 1.30 bits per heavy atom. The number of hydrogen-bond donors (Lipinski definition) is 1. The quantitative estimate of drug-likeness (QED) is 0.907. The number of aryl methyl sites for hydroxylation is 1. The highest BCUT2D eigenvalue weighted by atomic mass is 35.5. The summed E-state index contributed by atoms with van der Waals surface area (Å²) in [4.78, 5) is 8.31. The Labute approximate surface area is 124 Å². The first-order valence-corrected chi connectivity index (χ1v) is 6.87. The minimum atomic E-state index is 0.337. The van der Waals surface area contributed by atoms with Gasteiger partial charge in [-0.1, -0.05) is 25.4 Å². The van der Waals surface area contributed by atoms with Crippen molar-refractivity contribution in [1.29, 1.82) is 0 Å². The first-order chi connectivity index (χ1) is 9.51. The second-order valence-corrected chi connectivity index (χ2v) is 5.27. The molecule has 106 valence electrons. The molecule has 4 nitrogen and oxygen atoms in total. The van der Waals surface area contributed by atoms with Crippen LogP contribution in [-0.2, 0) is 0 Å². The van der Waals surface area contributed by atoms with Crippen molar-refractivity contribution in [2.24, 2.45) is 0 Å². The van der Waals surface area contributed by atoms with Gasteiger partial charge in [0.15, 0.2) is 0 Å². The van der Waals surface area contributed by atoms with E-state index in [1.165, 1.54) is 0 Å². The summed E-state index contributed by atoms with van der Waals surface area (Å²) >= 11 is 6.26. The van der Waals surface area contributed by atoms with Crippen molar-refractivity contribution in [2.45, 2.75) is 26.7 Å². The lowest BCUT2D eigenvalue weighted by Crippen LogP contribution is -1.99. The van der Waals surface area contributed by atoms with E-state index in [9.17, 15) is 0 Å². The van der Waals surface area contributed by atoms with Crippen molar-refractivity contribution in [3.8, 4) is 11.6 Å². The second kappa shape index (κ2) is 6.09. The van der Waals surface area contributed by atoms with E-state index < -0.39 is 0 Å². The van der Waals surface area contributed by atoms with Gasteiger partial charge in [-0.3, -0.25) is 0 Å². The Morgan fingerprint density at radius 2 is 2.05 bits per heavy atom. The van der Waals surface area contributed by atoms with Crippen LogP contribution in [0.5, 0.6) is 11.6 Å². The molecule has 1 N–H and O–H groups in total. The molecular formula is C15H18ClN3O. The maximum atomic E-state index is 6.26. The Bertz CT molecular complexity index is 614. The van der Waals surface area contributed by atoms with Crippen molar-refractivity contribution >= 4 is 17.5 Å². The van der Waals surface area contributed by atoms with Gasteiger partial charge in [0.25, 0.3) is 0 Å². The number of nitrogens with zero attached hydrogens (tertiary/aromatic N) is 2. The molecule has 0 amide bonds. The third-order valence-electron chi connectivity index (χ3n) is 2.98. The van der Waals surface area contributed by atoms with Gasteiger partial charge in [-0.25, -0.2) is 4.98 Å². The summed E-state index contributed by atoms with van der Waals surface area (Å²) in [5.74, 6) is 2.13. The number of aromatic nitrogens is 2. The van der Waals surface area contributed by atoms with Crippen LogP contribution in [0, 0.1) is 6.92 Å². The largest absolute Gasteiger partial charge is 0.439 e. The van der Waals surface area contributed by atoms with Crippen LogP contribution in [0.1, 0.15) is 30.9 Å². The molecule has 2 aromatic rings. The van der Waals surface area contributed by atoms with Crippen molar-refractivity contribution in [3.63, 3.8) is 0 Å². The topological polar surface area (TPSA) is 47.0 Å². The molecule has 0 aliphatic carbocycles. The minimum absolute atomic E-state index is 0.337. The Kier molecular flexibility index (Phi) is 4.45. The van der Waals surface area contributed by atoms with E-state index in [1.54, 1.807) is 19.3 Å². The monoisotopic (exact) mass is 291 g/mol. The molecule has 0 saturated heterocycles. The normalized spacial score (nSPS) is 10.7. The highest BCUT2D eigenvalue weighted by Gasteiger charge is 2.11. The molecule has 0 spiro atoms. The SMILES string of the molecule is CNc1nccc(Oc2cc(C(C)C)c(Cl)cc2C)n1. The Hall–Kier alpha value is -1.81. The van der Waals surface area contributed by atoms with Crippen LogP contribution >= 0.6 is 11.6 Å². The number of hydrogen-bond acceptors (Lipinski definition) is 4. The predicted octanol–water partition coefficient (Wildman–Crippen LogP) is 4.40. The number of halogens is 1. The van der Waals surface area contributed by atoms with Crippen LogP contribution in [0.25, 0.3) is 0 Å². The molecule has 0 bridgehead atoms. The van der Waals surface area contributed by atoms with Gasteiger partial charge in [0.05, 0.1) is 0 Å². The first-order valence-electron chi connectivity index (χ1n) is 6.50. The molecule has 1 aromatic carbocycles. The number of anilines is 1. The van der Waals surface area contributed by atoms with E-state index in [-0.39, 0.29) is 0 Å². The van der Waals surface area contributed by atoms with Crippen molar-refractivity contribution in [3.05, 3.63) is 40.5 Å². The summed E-state index contributed by atoms with van der Waals surface area (Å²) in [6.07, 6.45) is 1.66. The smallest absolute Gasteiger partial charge is 0.225 e. The fourth-order valence-electron chi connectivity index (χ4n) is 1.85. The molecule has 0 atom stereocenters. The standard InChI is InChI=1S/C15H18ClN3O/c1-9(2)11-8-13(10(3)7-12(11)16)20-14-5-6-18-15(17-4)19-14/h5-9H,1-4H3,(H,17,18,19). The Balaban J connectivity index is 2.35. The molecule has 5 heteroatoms. The van der Waals surface area contributed by atoms with E-state index in [4.69, 9.17) is 16.3 Å². The highest BCUT2D eigenvalue weighted by Crippen LogP contribution is 2.33. The van der Waals surface area contributed by atoms with E-state index in [0.717, 1.165) is 21.9 Å². The molecule has 20 heavy (non-hydrogen) atoms. The van der Waals surface area contributed by atoms with E-state index in [1.807, 2.05) is 19.1 Å². The van der Waals surface area contributed by atoms with Gasteiger partial charge >= 0.3 is 0 Å². The zero-order valence-electron chi connectivity index (χ0n) is 12.1. The first kappa shape index (κ1) is 14.6. The molecule has 1 aromatic heterocycles. The van der Waals surface area contributed by atoms with Crippen LogP contribution in [0.3, 0.4) is 0 Å². The number of ether oxygens (including phenoxy) is 1. The minimum Gasteiger partial charge on any atom is -0.439 e. The van der Waals surface area contributed by atoms with Gasteiger partial charge in [-0.15, -0.1) is 0 Å². The average molecular weight is 292 g/mol. The lowest BCUT2D eigenvalue weighted by atomic mass is 10.0. The lowest BCUT2D eigenvalue weighted by Gasteiger charge is -2.14. The third-order valence-corrected chi connectivity index (χ3v) is 3.31. The molecule has 1 heterocycles. The third kappa shape index (κ3) is 3.20. The second-order valence-electron chi connectivity index (χ2n) is 4.86. The zero-order chi connectivity index (χ0) is 14.7. The van der Waals surface area contributed by atoms with Gasteiger partial charge in [0, 0.05) is 24.3 Å². The molecule has 2 rings (SSSR count). The van der Waals surface area contributed by atoms with Crippen molar-refractivity contribution in [1.82, 2.24) is 9.97 Å². The fourth-order valence-corrected chi connectivity index (χ4v) is 2.29. The summed E-state index contributed by atoms with van der Waals surface area (Å²) in [6.45, 7) is 6.17. The van der Waals surface area contributed by atoms with Crippen LogP contribution in [0.4, 0.5) is 5.95 Å². The van der Waals surface area contributed by atoms with Crippen LogP contribution in [0.15, 0.2) is 24.4 Å². The summed E-state index contributed by atoms with van der Waals surface area (Å²) < 4.78 is 5.85. The number of nitrogens with one attached hydrogen (secondary N) is 1. The van der Waals surface area contributed by atoms with Crippen molar-refractivity contribution < 1.29 is 4.74 Å². The van der Waals surface area contributed by atoms with Gasteiger partial charge in [-0.05, 0) is 36.1 Å². The fraction of sp³-hybridized carbons (Fsp3) is 0.333. The molecule has 0 saturated carbocycles. The summed E-state index contributed by atoms with van der Waals surface area (Å²) in [7, 11) is 1.77. The van der Waals surface area contributed by atoms with Gasteiger partial charge in [-0.2, -0.15) is 4.98 Å². The highest BCUT2D eigenvalue weighted by molar-refractivity contribution is 6.31. The van der Waals surface area contributed by atoms with E-state index >= 15 is 0 Å². The predicted molar refractivity (Wildman–Crippen MR) is 81.9 cm³/mol. The maximum Gasteiger partial charge on any atom is 0.225 e. The molecule has 0 aliphatic heterocycles. The molecule has 0 aliphatic rings. The number of benzene rings is 1. The van der Waals surface area contributed by atoms with Gasteiger partial charge in [0.1, 0.15) is 5.75 Å². The zero-order valence-corrected chi connectivity index (χ0v) is 12.8. The van der Waals surface area contributed by atoms with Crippen molar-refractivity contribution in [2.75, 3.05) is 12.4 Å². The summed E-state index contributed by atoms with van der Waals surface area (Å²) in [6, 6.07) is 5.62. The van der Waals surface area contributed by atoms with E-state index in [0.29, 0.717) is 17.7 Å². The molecule has 0 fully saturated rings. The van der Waals surface area contributed by atoms with E-state index in [2.05, 4.69) is 29.1 Å². The lowest BCUT2D eigenvalue weighted by molar-refractivity contribution is 0.458. The van der Waals surface area contributed by atoms with Crippen LogP contribution in [-0.4, -0.2) is 17.0 Å². The van der Waals surface area contributed by atoms with Crippen LogP contribution < -0.4 is 10.1 Å². The van der Waals surface area contributed by atoms with Gasteiger partial charge in [0.2, 0.25) is 11.8 Å². The molecule has 0 unspecified atom stereocenters. The molecule has 0 radical (unpaired) electrons. The summed E-state index contributed by atoms with van der Waals surface area (Å²) in [5, 5.41) is 3.65. The average Bonchev–Trinajstić information content (AvgIpc) is 2.41.